The molecule has 0 atom stereocenters. The summed E-state index contributed by atoms with van der Waals surface area (Å²) in [5, 5.41) is 6.64. The van der Waals surface area contributed by atoms with Crippen LogP contribution in [-0.2, 0) is 11.3 Å². The van der Waals surface area contributed by atoms with Gasteiger partial charge in [0.2, 0.25) is 0 Å². The van der Waals surface area contributed by atoms with Crippen LogP contribution in [0.2, 0.25) is 0 Å². The van der Waals surface area contributed by atoms with E-state index in [4.69, 9.17) is 4.74 Å². The van der Waals surface area contributed by atoms with E-state index in [1.54, 1.807) is 18.2 Å². The molecule has 0 aliphatic carbocycles. The predicted octanol–water partition coefficient (Wildman–Crippen LogP) is 1.54. The highest BCUT2D eigenvalue weighted by Gasteiger charge is 2.19. The maximum atomic E-state index is 13.0. The van der Waals surface area contributed by atoms with Crippen LogP contribution in [-0.4, -0.2) is 29.0 Å². The molecule has 0 spiro atoms. The molecule has 4 rings (SSSR count). The third kappa shape index (κ3) is 3.74. The maximum Gasteiger partial charge on any atom is 0.358 e. The summed E-state index contributed by atoms with van der Waals surface area (Å²) in [6, 6.07) is 14.8. The number of nitrogens with zero attached hydrogens (tertiary/aromatic N) is 2. The van der Waals surface area contributed by atoms with Gasteiger partial charge >= 0.3 is 5.97 Å². The molecule has 2 aromatic carbocycles. The van der Waals surface area contributed by atoms with Crippen molar-refractivity contribution in [2.24, 2.45) is 0 Å². The molecule has 0 radical (unpaired) electrons. The van der Waals surface area contributed by atoms with Gasteiger partial charge in [0.05, 0.1) is 31.7 Å². The van der Waals surface area contributed by atoms with Crippen molar-refractivity contribution < 1.29 is 19.9 Å². The number of nitrogens with two attached hydrogens (primary N) is 1. The lowest BCUT2D eigenvalue weighted by Crippen LogP contribution is -2.96. The molecule has 0 saturated heterocycles. The van der Waals surface area contributed by atoms with Crippen LogP contribution in [0.5, 0.6) is 0 Å². The fraction of sp³-hybridized carbons (Fsp3) is 0.0952. The second kappa shape index (κ2) is 7.99. The number of amides is 1. The number of hydrogen-bond acceptors (Lipinski definition) is 6. The number of quaternary nitrogens is 1. The van der Waals surface area contributed by atoms with Crippen molar-refractivity contribution in [3.8, 4) is 0 Å². The number of nitrogens with one attached hydrogen (secondary N) is 2. The summed E-state index contributed by atoms with van der Waals surface area (Å²) in [5.41, 5.74) is 6.89. The number of pyridine rings is 1. The summed E-state index contributed by atoms with van der Waals surface area (Å²) < 4.78 is 4.74. The predicted molar refractivity (Wildman–Crippen MR) is 107 cm³/mol. The van der Waals surface area contributed by atoms with E-state index >= 15 is 0 Å². The van der Waals surface area contributed by atoms with Crippen molar-refractivity contribution in [2.45, 2.75) is 6.54 Å². The summed E-state index contributed by atoms with van der Waals surface area (Å²) in [7, 11) is 1.28. The van der Waals surface area contributed by atoms with Crippen LogP contribution < -0.4 is 16.3 Å². The highest BCUT2D eigenvalue weighted by atomic mass is 16.5. The van der Waals surface area contributed by atoms with Crippen LogP contribution in [0.4, 0.5) is 5.69 Å². The van der Waals surface area contributed by atoms with Crippen LogP contribution in [0.15, 0.2) is 67.1 Å². The molecule has 1 amide bonds. The Balaban J connectivity index is 1.67. The number of fused-ring (bicyclic) bond motifs is 1. The van der Waals surface area contributed by atoms with Gasteiger partial charge in [-0.2, -0.15) is 0 Å². The monoisotopic (exact) mass is 390 g/mol. The molecule has 4 N–H and O–H groups in total. The Kier molecular flexibility index (Phi) is 5.08. The number of methoxy groups -OCH3 is 1. The number of aromatic nitrogens is 1. The molecular weight excluding hydrogens is 370 g/mol. The first kappa shape index (κ1) is 18.5. The molecule has 29 heavy (non-hydrogen) atoms. The van der Waals surface area contributed by atoms with Crippen molar-refractivity contribution in [1.29, 1.82) is 0 Å². The Morgan fingerprint density at radius 2 is 1.97 bits per heavy atom. The number of esters is 1. The zero-order valence-electron chi connectivity index (χ0n) is 15.8. The molecule has 1 aliphatic heterocycles. The minimum Gasteiger partial charge on any atom is -0.464 e. The van der Waals surface area contributed by atoms with Gasteiger partial charge in [-0.3, -0.25) is 4.79 Å². The van der Waals surface area contributed by atoms with E-state index in [0.717, 1.165) is 16.3 Å². The van der Waals surface area contributed by atoms with Crippen LogP contribution >= 0.6 is 0 Å². The highest BCUT2D eigenvalue weighted by Crippen LogP contribution is 2.25. The summed E-state index contributed by atoms with van der Waals surface area (Å²) in [5.74, 6) is -0.926. The zero-order chi connectivity index (χ0) is 20.2. The van der Waals surface area contributed by atoms with E-state index in [1.165, 1.54) is 13.3 Å². The number of carbonyl (C=O) groups excluding carboxylic acids is 2. The van der Waals surface area contributed by atoms with Gasteiger partial charge in [-0.15, -0.1) is 5.53 Å². The number of rotatable bonds is 5. The fourth-order valence-corrected chi connectivity index (χ4v) is 3.27. The minimum atomic E-state index is -0.607. The average Bonchev–Trinajstić information content (AvgIpc) is 3.27. The Morgan fingerprint density at radius 1 is 1.14 bits per heavy atom. The quantitative estimate of drug-likeness (QED) is 0.451. The molecule has 3 aromatic rings. The Labute approximate surface area is 167 Å². The van der Waals surface area contributed by atoms with Crippen molar-refractivity contribution in [3.05, 3.63) is 83.9 Å². The Morgan fingerprint density at radius 3 is 2.72 bits per heavy atom. The molecule has 0 unspecified atom stereocenters. The van der Waals surface area contributed by atoms with E-state index in [2.05, 4.69) is 15.7 Å². The second-order valence-electron chi connectivity index (χ2n) is 6.45. The van der Waals surface area contributed by atoms with Gasteiger partial charge in [-0.1, -0.05) is 30.3 Å². The first-order valence-corrected chi connectivity index (χ1v) is 9.04. The number of carbonyl (C=O) groups is 2. The molecule has 146 valence electrons. The zero-order valence-corrected chi connectivity index (χ0v) is 15.8. The number of hydrogen-bond donors (Lipinski definition) is 3. The summed E-state index contributed by atoms with van der Waals surface area (Å²) in [6.07, 6.45) is 5.29. The standard InChI is InChI=1S/C21H19N5O3/c1-29-21(28)19-18(7-4-10-22-19)24-20(27)17-9-8-14(13-26-12-11-23-25-26)15-5-2-3-6-16(15)17/h2-12,23,25H,13H2,1H3,(H,24,27)/p+1. The van der Waals surface area contributed by atoms with Gasteiger partial charge < -0.3 is 10.1 Å². The topological polar surface area (TPSA) is 100 Å². The average molecular weight is 390 g/mol. The van der Waals surface area contributed by atoms with E-state index < -0.39 is 5.97 Å². The fourth-order valence-electron chi connectivity index (χ4n) is 3.27. The van der Waals surface area contributed by atoms with E-state index in [-0.39, 0.29) is 11.6 Å². The highest BCUT2D eigenvalue weighted by molar-refractivity contribution is 6.14. The van der Waals surface area contributed by atoms with E-state index in [1.807, 2.05) is 53.3 Å². The van der Waals surface area contributed by atoms with Gasteiger partial charge in [0.15, 0.2) is 5.69 Å². The number of anilines is 1. The number of benzene rings is 2. The molecule has 8 heteroatoms. The van der Waals surface area contributed by atoms with Crippen LogP contribution in [0.1, 0.15) is 26.4 Å². The Bertz CT molecular complexity index is 1110. The largest absolute Gasteiger partial charge is 0.464 e. The third-order valence-electron chi connectivity index (χ3n) is 4.65. The molecule has 1 aromatic heterocycles. The summed E-state index contributed by atoms with van der Waals surface area (Å²) in [6.45, 7) is 0.682. The van der Waals surface area contributed by atoms with Gasteiger partial charge in [0.1, 0.15) is 0 Å². The third-order valence-corrected chi connectivity index (χ3v) is 4.65. The van der Waals surface area contributed by atoms with Gasteiger partial charge in [0.25, 0.3) is 5.91 Å². The summed E-state index contributed by atoms with van der Waals surface area (Å²) in [4.78, 5) is 29.0. The first-order chi connectivity index (χ1) is 14.2. The lowest BCUT2D eigenvalue weighted by Gasteiger charge is -2.15. The first-order valence-electron chi connectivity index (χ1n) is 9.04. The van der Waals surface area contributed by atoms with Crippen molar-refractivity contribution in [3.63, 3.8) is 0 Å². The van der Waals surface area contributed by atoms with Crippen LogP contribution in [0.3, 0.4) is 0 Å². The van der Waals surface area contributed by atoms with Crippen molar-refractivity contribution in [1.82, 2.24) is 15.4 Å². The Hall–Kier alpha value is -3.91. The molecule has 0 bridgehead atoms. The van der Waals surface area contributed by atoms with E-state index in [9.17, 15) is 9.59 Å². The smallest absolute Gasteiger partial charge is 0.358 e. The normalized spacial score (nSPS) is 12.7. The lowest BCUT2D eigenvalue weighted by molar-refractivity contribution is -0.824. The molecule has 0 saturated carbocycles. The molecule has 8 nitrogen and oxygen atoms in total. The molecule has 2 heterocycles. The van der Waals surface area contributed by atoms with Gasteiger partial charge in [-0.05, 0) is 34.5 Å². The molecular formula is C21H20N5O3+. The van der Waals surface area contributed by atoms with Crippen LogP contribution in [0, 0.1) is 0 Å². The van der Waals surface area contributed by atoms with Gasteiger partial charge in [0, 0.05) is 11.8 Å². The van der Waals surface area contributed by atoms with Gasteiger partial charge in [-0.25, -0.2) is 20.2 Å². The summed E-state index contributed by atoms with van der Waals surface area (Å²) >= 11 is 0. The van der Waals surface area contributed by atoms with Crippen molar-refractivity contribution >= 4 is 28.3 Å². The SMILES string of the molecule is COC(=O)c1ncccc1NC(=O)c1ccc(CN2C=CN[NH2+]2)c2ccccc12. The minimum absolute atomic E-state index is 0.0631. The molecule has 0 fully saturated rings. The van der Waals surface area contributed by atoms with E-state index in [0.29, 0.717) is 17.8 Å². The second-order valence-corrected chi connectivity index (χ2v) is 6.45. The molecule has 1 aliphatic rings. The number of ether oxygens (including phenoxy) is 1. The lowest BCUT2D eigenvalue weighted by atomic mass is 9.98. The maximum absolute atomic E-state index is 13.0. The van der Waals surface area contributed by atoms with Crippen LogP contribution in [0.25, 0.3) is 10.8 Å². The van der Waals surface area contributed by atoms with Crippen molar-refractivity contribution in [2.75, 3.05) is 12.4 Å².